The Morgan fingerprint density at radius 3 is 2.18 bits per heavy atom. The average molecular weight is 381 g/mol. The van der Waals surface area contributed by atoms with Crippen LogP contribution in [0.2, 0.25) is 0 Å². The van der Waals surface area contributed by atoms with Gasteiger partial charge in [-0.15, -0.1) is 0 Å². The summed E-state index contributed by atoms with van der Waals surface area (Å²) in [6.45, 7) is 7.93. The molecule has 1 N–H and O–H groups in total. The first kappa shape index (κ1) is 19.7. The van der Waals surface area contributed by atoms with Crippen molar-refractivity contribution in [3.63, 3.8) is 0 Å². The van der Waals surface area contributed by atoms with Gasteiger partial charge in [0, 0.05) is 33.1 Å². The molecule has 0 aromatic heterocycles. The highest BCUT2D eigenvalue weighted by Crippen LogP contribution is 2.28. The highest BCUT2D eigenvalue weighted by molar-refractivity contribution is 5.99. The predicted octanol–water partition coefficient (Wildman–Crippen LogP) is 3.15. The maximum Gasteiger partial charge on any atom is 0.268 e. The molecule has 2 aromatic rings. The summed E-state index contributed by atoms with van der Waals surface area (Å²) in [5.74, 6) is 0.531. The second-order valence-corrected chi connectivity index (χ2v) is 7.39. The number of carbonyl (C=O) groups is 2. The van der Waals surface area contributed by atoms with Gasteiger partial charge in [-0.1, -0.05) is 30.3 Å². The summed E-state index contributed by atoms with van der Waals surface area (Å²) in [6.07, 6.45) is 0. The Kier molecular flexibility index (Phi) is 5.87. The lowest BCUT2D eigenvalue weighted by Crippen LogP contribution is -2.48. The van der Waals surface area contributed by atoms with Crippen molar-refractivity contribution in [1.29, 1.82) is 0 Å². The maximum atomic E-state index is 12.9. The van der Waals surface area contributed by atoms with Crippen LogP contribution in [-0.4, -0.2) is 48.5 Å². The zero-order valence-electron chi connectivity index (χ0n) is 16.6. The first-order chi connectivity index (χ1) is 13.4. The van der Waals surface area contributed by atoms with E-state index in [0.29, 0.717) is 18.8 Å². The molecule has 0 radical (unpaired) electrons. The van der Waals surface area contributed by atoms with Crippen molar-refractivity contribution in [3.05, 3.63) is 54.6 Å². The van der Waals surface area contributed by atoms with Gasteiger partial charge in [0.25, 0.3) is 5.91 Å². The lowest BCUT2D eigenvalue weighted by Gasteiger charge is -2.36. The monoisotopic (exact) mass is 381 g/mol. The van der Waals surface area contributed by atoms with Gasteiger partial charge in [-0.2, -0.15) is 0 Å². The molecule has 6 heteroatoms. The van der Waals surface area contributed by atoms with E-state index in [-0.39, 0.29) is 11.8 Å². The van der Waals surface area contributed by atoms with Crippen LogP contribution in [0.5, 0.6) is 5.75 Å². The molecule has 148 valence electrons. The SMILES string of the molecule is CC(=O)N1CCN(c2ccccc2NC(=O)C(C)(C)Oc2ccccc2)CC1. The van der Waals surface area contributed by atoms with Crippen LogP contribution in [0.4, 0.5) is 11.4 Å². The lowest BCUT2D eigenvalue weighted by atomic mass is 10.1. The minimum absolute atomic E-state index is 0.0982. The van der Waals surface area contributed by atoms with E-state index in [4.69, 9.17) is 4.74 Å². The molecular formula is C22H27N3O3. The number of rotatable bonds is 5. The van der Waals surface area contributed by atoms with Gasteiger partial charge in [0.1, 0.15) is 5.75 Å². The van der Waals surface area contributed by atoms with Crippen LogP contribution in [0.3, 0.4) is 0 Å². The van der Waals surface area contributed by atoms with Gasteiger partial charge in [0.05, 0.1) is 11.4 Å². The van der Waals surface area contributed by atoms with Crippen LogP contribution >= 0.6 is 0 Å². The molecule has 6 nitrogen and oxygen atoms in total. The minimum Gasteiger partial charge on any atom is -0.478 e. The molecule has 2 aromatic carbocycles. The van der Waals surface area contributed by atoms with E-state index in [1.54, 1.807) is 20.8 Å². The van der Waals surface area contributed by atoms with E-state index in [1.165, 1.54) is 0 Å². The fourth-order valence-electron chi connectivity index (χ4n) is 3.22. The van der Waals surface area contributed by atoms with Crippen molar-refractivity contribution in [2.24, 2.45) is 0 Å². The Balaban J connectivity index is 1.71. The third-order valence-corrected chi connectivity index (χ3v) is 4.88. The topological polar surface area (TPSA) is 61.9 Å². The third kappa shape index (κ3) is 4.63. The van der Waals surface area contributed by atoms with Crippen molar-refractivity contribution < 1.29 is 14.3 Å². The fraction of sp³-hybridized carbons (Fsp3) is 0.364. The molecule has 3 rings (SSSR count). The van der Waals surface area contributed by atoms with E-state index < -0.39 is 5.60 Å². The molecule has 1 aliphatic rings. The normalized spacial score (nSPS) is 14.5. The first-order valence-electron chi connectivity index (χ1n) is 9.52. The van der Waals surface area contributed by atoms with Crippen LogP contribution in [0.1, 0.15) is 20.8 Å². The summed E-state index contributed by atoms with van der Waals surface area (Å²) in [5, 5.41) is 3.02. The van der Waals surface area contributed by atoms with E-state index in [9.17, 15) is 9.59 Å². The minimum atomic E-state index is -1.03. The Bertz CT molecular complexity index is 828. The molecule has 1 saturated heterocycles. The van der Waals surface area contributed by atoms with Gasteiger partial charge in [-0.25, -0.2) is 0 Å². The smallest absolute Gasteiger partial charge is 0.268 e. The fourth-order valence-corrected chi connectivity index (χ4v) is 3.22. The van der Waals surface area contributed by atoms with Crippen LogP contribution < -0.4 is 15.0 Å². The molecule has 0 spiro atoms. The number of nitrogens with one attached hydrogen (secondary N) is 1. The molecule has 28 heavy (non-hydrogen) atoms. The highest BCUT2D eigenvalue weighted by Gasteiger charge is 2.31. The standard InChI is InChI=1S/C22H27N3O3/c1-17(26)24-13-15-25(16-14-24)20-12-8-7-11-19(20)23-21(27)22(2,3)28-18-9-5-4-6-10-18/h4-12H,13-16H2,1-3H3,(H,23,27). The van der Waals surface area contributed by atoms with E-state index >= 15 is 0 Å². The zero-order chi connectivity index (χ0) is 20.1. The number of carbonyl (C=O) groups excluding carboxylic acids is 2. The van der Waals surface area contributed by atoms with E-state index in [1.807, 2.05) is 59.5 Å². The van der Waals surface area contributed by atoms with Crippen LogP contribution in [0.25, 0.3) is 0 Å². The van der Waals surface area contributed by atoms with Gasteiger partial charge in [0.15, 0.2) is 5.60 Å². The summed E-state index contributed by atoms with van der Waals surface area (Å²) < 4.78 is 5.89. The molecule has 0 aliphatic carbocycles. The van der Waals surface area contributed by atoms with E-state index in [2.05, 4.69) is 10.2 Å². The molecule has 1 heterocycles. The van der Waals surface area contributed by atoms with Crippen molar-refractivity contribution in [2.75, 3.05) is 36.4 Å². The van der Waals surface area contributed by atoms with Crippen molar-refractivity contribution in [3.8, 4) is 5.75 Å². The molecule has 0 atom stereocenters. The zero-order valence-corrected chi connectivity index (χ0v) is 16.6. The Hall–Kier alpha value is -3.02. The first-order valence-corrected chi connectivity index (χ1v) is 9.52. The van der Waals surface area contributed by atoms with E-state index in [0.717, 1.165) is 24.5 Å². The largest absolute Gasteiger partial charge is 0.478 e. The molecular weight excluding hydrogens is 354 g/mol. The van der Waals surface area contributed by atoms with Gasteiger partial charge >= 0.3 is 0 Å². The van der Waals surface area contributed by atoms with Crippen LogP contribution in [-0.2, 0) is 9.59 Å². The summed E-state index contributed by atoms with van der Waals surface area (Å²) in [7, 11) is 0. The Morgan fingerprint density at radius 2 is 1.54 bits per heavy atom. The molecule has 1 fully saturated rings. The number of amides is 2. The quantitative estimate of drug-likeness (QED) is 0.864. The second-order valence-electron chi connectivity index (χ2n) is 7.39. The second kappa shape index (κ2) is 8.33. The molecule has 0 bridgehead atoms. The van der Waals surface area contributed by atoms with Gasteiger partial charge in [-0.3, -0.25) is 9.59 Å². The number of benzene rings is 2. The van der Waals surface area contributed by atoms with Crippen molar-refractivity contribution >= 4 is 23.2 Å². The van der Waals surface area contributed by atoms with Crippen LogP contribution in [0.15, 0.2) is 54.6 Å². The maximum absolute atomic E-state index is 12.9. The summed E-state index contributed by atoms with van der Waals surface area (Å²) in [6, 6.07) is 17.0. The summed E-state index contributed by atoms with van der Waals surface area (Å²) in [4.78, 5) is 28.5. The summed E-state index contributed by atoms with van der Waals surface area (Å²) in [5.41, 5.74) is 0.671. The molecule has 1 aliphatic heterocycles. The number of nitrogens with zero attached hydrogens (tertiary/aromatic N) is 2. The van der Waals surface area contributed by atoms with Gasteiger partial charge in [-0.05, 0) is 38.1 Å². The Labute approximate surface area is 166 Å². The Morgan fingerprint density at radius 1 is 0.929 bits per heavy atom. The van der Waals surface area contributed by atoms with Crippen molar-refractivity contribution in [2.45, 2.75) is 26.4 Å². The predicted molar refractivity (Wildman–Crippen MR) is 111 cm³/mol. The number of anilines is 2. The van der Waals surface area contributed by atoms with Gasteiger partial charge < -0.3 is 19.9 Å². The molecule has 2 amide bonds. The van der Waals surface area contributed by atoms with Gasteiger partial charge in [0.2, 0.25) is 5.91 Å². The average Bonchev–Trinajstić information content (AvgIpc) is 2.69. The summed E-state index contributed by atoms with van der Waals surface area (Å²) >= 11 is 0. The number of hydrogen-bond acceptors (Lipinski definition) is 4. The van der Waals surface area contributed by atoms with Crippen LogP contribution in [0, 0.1) is 0 Å². The van der Waals surface area contributed by atoms with Crippen molar-refractivity contribution in [1.82, 2.24) is 4.90 Å². The molecule has 0 saturated carbocycles. The number of piperazine rings is 1. The number of hydrogen-bond donors (Lipinski definition) is 1. The number of ether oxygens (including phenoxy) is 1. The number of para-hydroxylation sites is 3. The lowest BCUT2D eigenvalue weighted by molar-refractivity contribution is -0.129. The third-order valence-electron chi connectivity index (χ3n) is 4.88. The molecule has 0 unspecified atom stereocenters. The highest BCUT2D eigenvalue weighted by atomic mass is 16.5.